The van der Waals surface area contributed by atoms with Gasteiger partial charge in [0, 0.05) is 23.1 Å². The first kappa shape index (κ1) is 20.8. The van der Waals surface area contributed by atoms with Crippen LogP contribution >= 0.6 is 23.1 Å². The number of anilines is 1. The van der Waals surface area contributed by atoms with Crippen LogP contribution in [0.2, 0.25) is 0 Å². The van der Waals surface area contributed by atoms with Gasteiger partial charge in [-0.3, -0.25) is 9.69 Å². The third kappa shape index (κ3) is 4.20. The number of nitrogens with zero attached hydrogens (tertiary/aromatic N) is 4. The molecule has 1 atom stereocenters. The molecule has 0 aliphatic carbocycles. The quantitative estimate of drug-likeness (QED) is 0.365. The van der Waals surface area contributed by atoms with Crippen LogP contribution in [-0.4, -0.2) is 26.8 Å². The van der Waals surface area contributed by atoms with E-state index >= 15 is 0 Å². The number of carbonyl (C=O) groups is 1. The number of aromatic nitrogens is 3. The van der Waals surface area contributed by atoms with Gasteiger partial charge in [0.1, 0.15) is 0 Å². The van der Waals surface area contributed by atoms with Crippen LogP contribution in [0.5, 0.6) is 5.88 Å². The van der Waals surface area contributed by atoms with Gasteiger partial charge in [-0.1, -0.05) is 49.7 Å². The van der Waals surface area contributed by atoms with Gasteiger partial charge in [-0.15, -0.1) is 21.5 Å². The van der Waals surface area contributed by atoms with Gasteiger partial charge in [0.05, 0.1) is 10.6 Å². The third-order valence-electron chi connectivity index (χ3n) is 4.83. The van der Waals surface area contributed by atoms with Crippen LogP contribution in [0.1, 0.15) is 49.1 Å². The molecule has 0 saturated heterocycles. The number of carbonyl (C=O) groups excluding carboxylic acids is 1. The van der Waals surface area contributed by atoms with Gasteiger partial charge in [-0.2, -0.15) is 4.98 Å². The standard InChI is InChI=1S/C22H24N4O2S2/c1-4-5-8-13-29-22-23-20-19(24-25-22)16-9-6-7-10-17(16)26(15(3)27)21(28-20)18-12-11-14(2)30-18/h6-7,9-12,21H,4-5,8,13H2,1-3H3. The van der Waals surface area contributed by atoms with Crippen molar-refractivity contribution in [1.82, 2.24) is 15.2 Å². The molecule has 156 valence electrons. The molecule has 1 aliphatic heterocycles. The first-order valence-corrected chi connectivity index (χ1v) is 11.9. The summed E-state index contributed by atoms with van der Waals surface area (Å²) in [6, 6.07) is 11.7. The van der Waals surface area contributed by atoms with Gasteiger partial charge in [-0.25, -0.2) is 0 Å². The Morgan fingerprint density at radius 1 is 1.20 bits per heavy atom. The molecule has 6 nitrogen and oxygen atoms in total. The second-order valence-electron chi connectivity index (χ2n) is 7.13. The van der Waals surface area contributed by atoms with Crippen molar-refractivity contribution in [2.24, 2.45) is 0 Å². The number of benzene rings is 1. The predicted molar refractivity (Wildman–Crippen MR) is 121 cm³/mol. The van der Waals surface area contributed by atoms with E-state index in [1.807, 2.05) is 43.3 Å². The molecule has 1 aliphatic rings. The van der Waals surface area contributed by atoms with Crippen molar-refractivity contribution in [3.8, 4) is 17.1 Å². The second kappa shape index (κ2) is 9.14. The monoisotopic (exact) mass is 440 g/mol. The summed E-state index contributed by atoms with van der Waals surface area (Å²) in [7, 11) is 0. The lowest BCUT2D eigenvalue weighted by Gasteiger charge is -2.28. The van der Waals surface area contributed by atoms with Gasteiger partial charge in [0.25, 0.3) is 0 Å². The highest BCUT2D eigenvalue weighted by Gasteiger charge is 2.35. The molecular weight excluding hydrogens is 416 g/mol. The number of rotatable bonds is 6. The van der Waals surface area contributed by atoms with Crippen LogP contribution in [0.3, 0.4) is 0 Å². The molecule has 3 aromatic rings. The van der Waals surface area contributed by atoms with Crippen molar-refractivity contribution in [2.45, 2.75) is 51.4 Å². The van der Waals surface area contributed by atoms with Crippen molar-refractivity contribution in [3.63, 3.8) is 0 Å². The summed E-state index contributed by atoms with van der Waals surface area (Å²) in [5.41, 5.74) is 2.10. The van der Waals surface area contributed by atoms with E-state index < -0.39 is 6.23 Å². The summed E-state index contributed by atoms with van der Waals surface area (Å²) in [4.78, 5) is 21.2. The molecule has 0 spiro atoms. The predicted octanol–water partition coefficient (Wildman–Crippen LogP) is 5.63. The molecule has 1 amide bonds. The Morgan fingerprint density at radius 2 is 2.03 bits per heavy atom. The normalized spacial score (nSPS) is 15.2. The SMILES string of the molecule is CCCCCSc1nnc2c(n1)OC(c1ccc(C)s1)N(C(C)=O)c1ccccc1-2. The number of hydrogen-bond acceptors (Lipinski definition) is 7. The molecule has 0 N–H and O–H groups in total. The number of thioether (sulfide) groups is 1. The van der Waals surface area contributed by atoms with E-state index in [0.29, 0.717) is 16.7 Å². The van der Waals surface area contributed by atoms with Crippen molar-refractivity contribution >= 4 is 34.7 Å². The second-order valence-corrected chi connectivity index (χ2v) is 9.51. The summed E-state index contributed by atoms with van der Waals surface area (Å²) >= 11 is 3.20. The van der Waals surface area contributed by atoms with Gasteiger partial charge in [-0.05, 0) is 31.5 Å². The fourth-order valence-corrected chi connectivity index (χ4v) is 5.08. The van der Waals surface area contributed by atoms with Gasteiger partial charge in [0.2, 0.25) is 23.2 Å². The maximum Gasteiger partial charge on any atom is 0.247 e. The zero-order valence-corrected chi connectivity index (χ0v) is 18.9. The molecule has 3 heterocycles. The Hall–Kier alpha value is -2.45. The summed E-state index contributed by atoms with van der Waals surface area (Å²) in [6.07, 6.45) is 2.87. The van der Waals surface area contributed by atoms with E-state index in [-0.39, 0.29) is 5.91 Å². The van der Waals surface area contributed by atoms with E-state index in [4.69, 9.17) is 4.74 Å². The Morgan fingerprint density at radius 3 is 2.77 bits per heavy atom. The zero-order chi connectivity index (χ0) is 21.1. The van der Waals surface area contributed by atoms with Crippen LogP contribution < -0.4 is 9.64 Å². The number of para-hydroxylation sites is 1. The van der Waals surface area contributed by atoms with Gasteiger partial charge in [0.15, 0.2) is 5.69 Å². The van der Waals surface area contributed by atoms with Crippen LogP contribution in [0.25, 0.3) is 11.3 Å². The summed E-state index contributed by atoms with van der Waals surface area (Å²) in [5.74, 6) is 1.25. The molecule has 0 radical (unpaired) electrons. The van der Waals surface area contributed by atoms with E-state index in [9.17, 15) is 4.79 Å². The van der Waals surface area contributed by atoms with Gasteiger partial charge >= 0.3 is 0 Å². The van der Waals surface area contributed by atoms with E-state index in [0.717, 1.165) is 33.2 Å². The number of aryl methyl sites for hydroxylation is 1. The minimum atomic E-state index is -0.599. The minimum absolute atomic E-state index is 0.103. The lowest BCUT2D eigenvalue weighted by atomic mass is 10.1. The summed E-state index contributed by atoms with van der Waals surface area (Å²) < 4.78 is 6.37. The Balaban J connectivity index is 1.78. The molecule has 0 saturated carbocycles. The molecule has 1 aromatic carbocycles. The Bertz CT molecular complexity index is 1050. The van der Waals surface area contributed by atoms with Crippen molar-refractivity contribution in [1.29, 1.82) is 0 Å². The smallest absolute Gasteiger partial charge is 0.247 e. The van der Waals surface area contributed by atoms with Crippen LogP contribution in [0, 0.1) is 6.92 Å². The van der Waals surface area contributed by atoms with Crippen LogP contribution in [0.15, 0.2) is 41.6 Å². The van der Waals surface area contributed by atoms with E-state index in [1.165, 1.54) is 12.8 Å². The lowest BCUT2D eigenvalue weighted by molar-refractivity contribution is -0.118. The number of ether oxygens (including phenoxy) is 1. The fourth-order valence-electron chi connectivity index (χ4n) is 3.40. The molecule has 2 aromatic heterocycles. The first-order valence-electron chi connectivity index (χ1n) is 10.1. The highest BCUT2D eigenvalue weighted by molar-refractivity contribution is 7.99. The lowest BCUT2D eigenvalue weighted by Crippen LogP contribution is -2.35. The van der Waals surface area contributed by atoms with Gasteiger partial charge < -0.3 is 4.74 Å². The van der Waals surface area contributed by atoms with Crippen molar-refractivity contribution in [3.05, 3.63) is 46.2 Å². The fraction of sp³-hybridized carbons (Fsp3) is 0.364. The summed E-state index contributed by atoms with van der Waals surface area (Å²) in [6.45, 7) is 5.78. The highest BCUT2D eigenvalue weighted by Crippen LogP contribution is 2.44. The van der Waals surface area contributed by atoms with Crippen molar-refractivity contribution in [2.75, 3.05) is 10.7 Å². The molecule has 1 unspecified atom stereocenters. The van der Waals surface area contributed by atoms with Crippen molar-refractivity contribution < 1.29 is 9.53 Å². The Labute approximate surface area is 184 Å². The highest BCUT2D eigenvalue weighted by atomic mass is 32.2. The molecule has 0 fully saturated rings. The maximum absolute atomic E-state index is 12.7. The van der Waals surface area contributed by atoms with E-state index in [2.05, 4.69) is 22.1 Å². The molecule has 30 heavy (non-hydrogen) atoms. The van der Waals surface area contributed by atoms with Crippen LogP contribution in [-0.2, 0) is 4.79 Å². The summed E-state index contributed by atoms with van der Waals surface area (Å²) in [5, 5.41) is 9.37. The number of unbranched alkanes of at least 4 members (excludes halogenated alkanes) is 2. The zero-order valence-electron chi connectivity index (χ0n) is 17.3. The first-order chi connectivity index (χ1) is 14.6. The number of fused-ring (bicyclic) bond motifs is 3. The number of thiophene rings is 1. The number of amides is 1. The average Bonchev–Trinajstić information content (AvgIpc) is 3.11. The number of hydrogen-bond donors (Lipinski definition) is 0. The molecular formula is C22H24N4O2S2. The maximum atomic E-state index is 12.7. The topological polar surface area (TPSA) is 68.2 Å². The minimum Gasteiger partial charge on any atom is -0.446 e. The largest absolute Gasteiger partial charge is 0.446 e. The van der Waals surface area contributed by atoms with Crippen LogP contribution in [0.4, 0.5) is 5.69 Å². The molecule has 0 bridgehead atoms. The Kier molecular flexibility index (Phi) is 6.34. The third-order valence-corrected chi connectivity index (χ3v) is 6.79. The average molecular weight is 441 g/mol. The molecule has 8 heteroatoms. The van der Waals surface area contributed by atoms with E-state index in [1.54, 1.807) is 34.9 Å². The molecule has 4 rings (SSSR count).